The minimum atomic E-state index is 0.587. The Labute approximate surface area is 117 Å². The van der Waals surface area contributed by atoms with Gasteiger partial charge in [-0.2, -0.15) is 0 Å². The molecule has 100 valence electrons. The van der Waals surface area contributed by atoms with Gasteiger partial charge >= 0.3 is 0 Å². The zero-order valence-electron chi connectivity index (χ0n) is 11.0. The second-order valence-corrected chi connectivity index (χ2v) is 4.47. The smallest absolute Gasteiger partial charge is 0.207 e. The van der Waals surface area contributed by atoms with Gasteiger partial charge in [-0.05, 0) is 19.1 Å². The Morgan fingerprint density at radius 3 is 3.00 bits per heavy atom. The maximum absolute atomic E-state index is 6.03. The first-order valence-corrected chi connectivity index (χ1v) is 6.28. The molecule has 1 N–H and O–H groups in total. The largest absolute Gasteiger partial charge is 0.495 e. The molecule has 0 bridgehead atoms. The van der Waals surface area contributed by atoms with Gasteiger partial charge in [-0.3, -0.25) is 4.57 Å². The van der Waals surface area contributed by atoms with Crippen molar-refractivity contribution in [3.05, 3.63) is 47.8 Å². The normalized spacial score (nSPS) is 10.3. The molecule has 5 heteroatoms. The molecule has 0 radical (unpaired) electrons. The highest BCUT2D eigenvalue weighted by molar-refractivity contribution is 6.32. The SMILES string of the molecule is C=CCNc1nc(C)cn1-c1ccc(Cl)c(OC)c1. The maximum atomic E-state index is 6.03. The lowest BCUT2D eigenvalue weighted by Gasteiger charge is -2.10. The van der Waals surface area contributed by atoms with Crippen LogP contribution in [0.2, 0.25) is 5.02 Å². The van der Waals surface area contributed by atoms with Crippen molar-refractivity contribution in [1.82, 2.24) is 9.55 Å². The third-order valence-electron chi connectivity index (χ3n) is 2.64. The van der Waals surface area contributed by atoms with E-state index in [4.69, 9.17) is 16.3 Å². The Morgan fingerprint density at radius 2 is 2.32 bits per heavy atom. The van der Waals surface area contributed by atoms with Crippen molar-refractivity contribution < 1.29 is 4.74 Å². The first-order chi connectivity index (χ1) is 9.15. The summed E-state index contributed by atoms with van der Waals surface area (Å²) in [7, 11) is 1.60. The number of hydrogen-bond acceptors (Lipinski definition) is 3. The van der Waals surface area contributed by atoms with Crippen LogP contribution < -0.4 is 10.1 Å². The summed E-state index contributed by atoms with van der Waals surface area (Å²) >= 11 is 6.03. The van der Waals surface area contributed by atoms with Crippen LogP contribution in [0.1, 0.15) is 5.69 Å². The van der Waals surface area contributed by atoms with E-state index in [1.807, 2.05) is 35.9 Å². The molecule has 1 aromatic carbocycles. The van der Waals surface area contributed by atoms with Gasteiger partial charge in [0.05, 0.1) is 23.5 Å². The fourth-order valence-electron chi connectivity index (χ4n) is 1.78. The summed E-state index contributed by atoms with van der Waals surface area (Å²) in [6, 6.07) is 5.61. The van der Waals surface area contributed by atoms with E-state index in [1.54, 1.807) is 13.2 Å². The van der Waals surface area contributed by atoms with Crippen molar-refractivity contribution in [3.63, 3.8) is 0 Å². The number of benzene rings is 1. The molecule has 2 aromatic rings. The Kier molecular flexibility index (Phi) is 4.12. The van der Waals surface area contributed by atoms with Crippen molar-refractivity contribution in [1.29, 1.82) is 0 Å². The first kappa shape index (κ1) is 13.5. The highest BCUT2D eigenvalue weighted by Gasteiger charge is 2.09. The molecule has 0 atom stereocenters. The van der Waals surface area contributed by atoms with Crippen LogP contribution in [-0.2, 0) is 0 Å². The molecule has 19 heavy (non-hydrogen) atoms. The number of nitrogens with zero attached hydrogens (tertiary/aromatic N) is 2. The summed E-state index contributed by atoms with van der Waals surface area (Å²) in [5, 5.41) is 3.78. The van der Waals surface area contributed by atoms with E-state index in [-0.39, 0.29) is 0 Å². The Bertz CT molecular complexity index is 592. The fourth-order valence-corrected chi connectivity index (χ4v) is 1.98. The molecule has 0 saturated carbocycles. The molecule has 0 spiro atoms. The first-order valence-electron chi connectivity index (χ1n) is 5.90. The highest BCUT2D eigenvalue weighted by atomic mass is 35.5. The molecular weight excluding hydrogens is 262 g/mol. The van der Waals surface area contributed by atoms with E-state index < -0.39 is 0 Å². The number of anilines is 1. The van der Waals surface area contributed by atoms with Crippen LogP contribution >= 0.6 is 11.6 Å². The number of methoxy groups -OCH3 is 1. The topological polar surface area (TPSA) is 39.1 Å². The minimum absolute atomic E-state index is 0.587. The Hall–Kier alpha value is -1.94. The quantitative estimate of drug-likeness (QED) is 0.851. The molecule has 1 heterocycles. The third kappa shape index (κ3) is 2.90. The molecule has 2 rings (SSSR count). The molecule has 0 aliphatic rings. The summed E-state index contributed by atoms with van der Waals surface area (Å²) in [6.07, 6.45) is 3.74. The van der Waals surface area contributed by atoms with Gasteiger partial charge in [-0.1, -0.05) is 17.7 Å². The van der Waals surface area contributed by atoms with Crippen LogP contribution in [0.15, 0.2) is 37.1 Å². The van der Waals surface area contributed by atoms with Crippen LogP contribution in [0.5, 0.6) is 5.75 Å². The standard InChI is InChI=1S/C14H16ClN3O/c1-4-7-16-14-17-10(2)9-18(14)11-5-6-12(15)13(8-11)19-3/h4-6,8-9H,1,7H2,2-3H3,(H,16,17). The van der Waals surface area contributed by atoms with Gasteiger partial charge in [0.2, 0.25) is 5.95 Å². The van der Waals surface area contributed by atoms with Crippen LogP contribution in [-0.4, -0.2) is 23.2 Å². The molecule has 4 nitrogen and oxygen atoms in total. The zero-order chi connectivity index (χ0) is 13.8. The fraction of sp³-hybridized carbons (Fsp3) is 0.214. The van der Waals surface area contributed by atoms with E-state index in [0.29, 0.717) is 17.3 Å². The van der Waals surface area contributed by atoms with Gasteiger partial charge in [-0.25, -0.2) is 4.98 Å². The predicted molar refractivity (Wildman–Crippen MR) is 78.5 cm³/mol. The molecule has 0 unspecified atom stereocenters. The lowest BCUT2D eigenvalue weighted by molar-refractivity contribution is 0.415. The number of aryl methyl sites for hydroxylation is 1. The van der Waals surface area contributed by atoms with Gasteiger partial charge in [-0.15, -0.1) is 6.58 Å². The lowest BCUT2D eigenvalue weighted by Crippen LogP contribution is -2.05. The van der Waals surface area contributed by atoms with Crippen molar-refractivity contribution in [3.8, 4) is 11.4 Å². The van der Waals surface area contributed by atoms with Gasteiger partial charge in [0.1, 0.15) is 5.75 Å². The minimum Gasteiger partial charge on any atom is -0.495 e. The van der Waals surface area contributed by atoms with Crippen molar-refractivity contribution >= 4 is 17.5 Å². The van der Waals surface area contributed by atoms with Gasteiger partial charge in [0.15, 0.2) is 0 Å². The number of halogens is 1. The molecule has 1 aromatic heterocycles. The molecule has 0 aliphatic carbocycles. The van der Waals surface area contributed by atoms with Crippen molar-refractivity contribution in [2.24, 2.45) is 0 Å². The molecule has 0 aliphatic heterocycles. The molecule has 0 fully saturated rings. The number of hydrogen-bond donors (Lipinski definition) is 1. The van der Waals surface area contributed by atoms with Gasteiger partial charge in [0, 0.05) is 18.8 Å². The third-order valence-corrected chi connectivity index (χ3v) is 2.96. The highest BCUT2D eigenvalue weighted by Crippen LogP contribution is 2.28. The second kappa shape index (κ2) is 5.80. The molecular formula is C14H16ClN3O. The summed E-state index contributed by atoms with van der Waals surface area (Å²) in [5.74, 6) is 1.40. The molecule has 0 amide bonds. The second-order valence-electron chi connectivity index (χ2n) is 4.06. The lowest BCUT2D eigenvalue weighted by atomic mass is 10.3. The predicted octanol–water partition coefficient (Wildman–Crippen LogP) is 3.44. The number of aromatic nitrogens is 2. The van der Waals surface area contributed by atoms with Crippen LogP contribution in [0.4, 0.5) is 5.95 Å². The summed E-state index contributed by atoms with van der Waals surface area (Å²) in [6.45, 7) is 6.29. The number of rotatable bonds is 5. The maximum Gasteiger partial charge on any atom is 0.207 e. The summed E-state index contributed by atoms with van der Waals surface area (Å²) in [5.41, 5.74) is 1.87. The van der Waals surface area contributed by atoms with Crippen LogP contribution in [0.25, 0.3) is 5.69 Å². The monoisotopic (exact) mass is 277 g/mol. The van der Waals surface area contributed by atoms with E-state index in [0.717, 1.165) is 17.3 Å². The van der Waals surface area contributed by atoms with Gasteiger partial charge < -0.3 is 10.1 Å². The average Bonchev–Trinajstić information content (AvgIpc) is 2.78. The average molecular weight is 278 g/mol. The van der Waals surface area contributed by atoms with Crippen molar-refractivity contribution in [2.75, 3.05) is 19.0 Å². The number of imidazole rings is 1. The van der Waals surface area contributed by atoms with E-state index in [1.165, 1.54) is 0 Å². The van der Waals surface area contributed by atoms with Crippen molar-refractivity contribution in [2.45, 2.75) is 6.92 Å². The Balaban J connectivity index is 2.42. The van der Waals surface area contributed by atoms with E-state index in [2.05, 4.69) is 16.9 Å². The van der Waals surface area contributed by atoms with Crippen LogP contribution in [0, 0.1) is 6.92 Å². The zero-order valence-corrected chi connectivity index (χ0v) is 11.7. The number of ether oxygens (including phenoxy) is 1. The van der Waals surface area contributed by atoms with Gasteiger partial charge in [0.25, 0.3) is 0 Å². The summed E-state index contributed by atoms with van der Waals surface area (Å²) in [4.78, 5) is 4.43. The summed E-state index contributed by atoms with van der Waals surface area (Å²) < 4.78 is 7.19. The van der Waals surface area contributed by atoms with E-state index in [9.17, 15) is 0 Å². The molecule has 0 saturated heterocycles. The van der Waals surface area contributed by atoms with Crippen LogP contribution in [0.3, 0.4) is 0 Å². The number of nitrogens with one attached hydrogen (secondary N) is 1. The van der Waals surface area contributed by atoms with E-state index >= 15 is 0 Å². The Morgan fingerprint density at radius 1 is 1.53 bits per heavy atom.